The fourth-order valence-electron chi connectivity index (χ4n) is 2.66. The first-order valence-corrected chi connectivity index (χ1v) is 8.46. The molecule has 4 nitrogen and oxygen atoms in total. The standard InChI is InChI=1S/C14H26N4S/c1-3-10-15-12-8-6-4-5-7-9-13(12)19-14-16-11(2)17-18-14/h12-13,15H,3-10H2,1-2H3,(H,16,17,18). The number of nitrogens with zero attached hydrogens (tertiary/aromatic N) is 2. The van der Waals surface area contributed by atoms with Crippen LogP contribution in [0.1, 0.15) is 57.7 Å². The molecular weight excluding hydrogens is 256 g/mol. The van der Waals surface area contributed by atoms with Gasteiger partial charge in [0, 0.05) is 11.3 Å². The van der Waals surface area contributed by atoms with E-state index in [2.05, 4.69) is 27.4 Å². The van der Waals surface area contributed by atoms with Gasteiger partial charge < -0.3 is 5.32 Å². The SMILES string of the molecule is CCCNC1CCCCCCC1Sc1n[nH]c(C)n1. The Bertz CT molecular complexity index is 364. The van der Waals surface area contributed by atoms with Crippen molar-refractivity contribution < 1.29 is 0 Å². The van der Waals surface area contributed by atoms with E-state index < -0.39 is 0 Å². The summed E-state index contributed by atoms with van der Waals surface area (Å²) in [5, 5.41) is 12.5. The van der Waals surface area contributed by atoms with Crippen LogP contribution in [0.15, 0.2) is 5.16 Å². The largest absolute Gasteiger partial charge is 0.313 e. The molecule has 1 heterocycles. The average Bonchev–Trinajstić information content (AvgIpc) is 2.78. The highest BCUT2D eigenvalue weighted by atomic mass is 32.2. The smallest absolute Gasteiger partial charge is 0.208 e. The van der Waals surface area contributed by atoms with Crippen molar-refractivity contribution in [2.24, 2.45) is 0 Å². The molecule has 1 aliphatic carbocycles. The number of hydrogen-bond donors (Lipinski definition) is 2. The van der Waals surface area contributed by atoms with E-state index in [-0.39, 0.29) is 0 Å². The Morgan fingerprint density at radius 1 is 1.26 bits per heavy atom. The van der Waals surface area contributed by atoms with Crippen molar-refractivity contribution in [3.8, 4) is 0 Å². The molecule has 2 N–H and O–H groups in total. The van der Waals surface area contributed by atoms with E-state index in [0.29, 0.717) is 11.3 Å². The van der Waals surface area contributed by atoms with Crippen molar-refractivity contribution in [3.63, 3.8) is 0 Å². The van der Waals surface area contributed by atoms with Crippen molar-refractivity contribution in [1.29, 1.82) is 0 Å². The molecule has 0 aliphatic heterocycles. The van der Waals surface area contributed by atoms with Gasteiger partial charge in [-0.25, -0.2) is 4.98 Å². The van der Waals surface area contributed by atoms with Crippen molar-refractivity contribution in [2.75, 3.05) is 6.54 Å². The van der Waals surface area contributed by atoms with E-state index >= 15 is 0 Å². The van der Waals surface area contributed by atoms with Crippen LogP contribution in [-0.2, 0) is 0 Å². The van der Waals surface area contributed by atoms with Crippen LogP contribution in [0.5, 0.6) is 0 Å². The second-order valence-corrected chi connectivity index (χ2v) is 6.62. The Morgan fingerprint density at radius 3 is 2.74 bits per heavy atom. The van der Waals surface area contributed by atoms with Gasteiger partial charge in [-0.05, 0) is 32.7 Å². The van der Waals surface area contributed by atoms with E-state index in [9.17, 15) is 0 Å². The Labute approximate surface area is 120 Å². The van der Waals surface area contributed by atoms with Crippen molar-refractivity contribution in [2.45, 2.75) is 75.2 Å². The minimum absolute atomic E-state index is 0.613. The molecule has 1 aliphatic rings. The van der Waals surface area contributed by atoms with E-state index in [0.717, 1.165) is 17.5 Å². The third-order valence-electron chi connectivity index (χ3n) is 3.69. The molecule has 2 unspecified atom stereocenters. The molecular formula is C14H26N4S. The normalized spacial score (nSPS) is 24.9. The number of nitrogens with one attached hydrogen (secondary N) is 2. The molecule has 1 aromatic rings. The molecule has 0 aromatic carbocycles. The maximum Gasteiger partial charge on any atom is 0.208 e. The molecule has 0 radical (unpaired) electrons. The minimum atomic E-state index is 0.613. The summed E-state index contributed by atoms with van der Waals surface area (Å²) in [6.07, 6.45) is 9.23. The van der Waals surface area contributed by atoms with Crippen molar-refractivity contribution in [3.05, 3.63) is 5.82 Å². The highest BCUT2D eigenvalue weighted by Crippen LogP contribution is 2.30. The second kappa shape index (κ2) is 7.90. The molecule has 19 heavy (non-hydrogen) atoms. The van der Waals surface area contributed by atoms with Crippen LogP contribution in [0.25, 0.3) is 0 Å². The van der Waals surface area contributed by atoms with Crippen molar-refractivity contribution >= 4 is 11.8 Å². The molecule has 0 amide bonds. The first-order chi connectivity index (χ1) is 9.29. The number of H-pyrrole nitrogens is 1. The summed E-state index contributed by atoms with van der Waals surface area (Å²) in [4.78, 5) is 4.44. The van der Waals surface area contributed by atoms with E-state index in [4.69, 9.17) is 0 Å². The van der Waals surface area contributed by atoms with Crippen molar-refractivity contribution in [1.82, 2.24) is 20.5 Å². The third-order valence-corrected chi connectivity index (χ3v) is 4.95. The van der Waals surface area contributed by atoms with Gasteiger partial charge in [0.15, 0.2) is 0 Å². The number of aromatic nitrogens is 3. The van der Waals surface area contributed by atoms with E-state index in [1.54, 1.807) is 0 Å². The van der Waals surface area contributed by atoms with Crippen LogP contribution in [0, 0.1) is 6.92 Å². The Kier molecular flexibility index (Phi) is 6.17. The summed E-state index contributed by atoms with van der Waals surface area (Å²) in [5.74, 6) is 0.909. The lowest BCUT2D eigenvalue weighted by atomic mass is 9.96. The molecule has 0 saturated heterocycles. The van der Waals surface area contributed by atoms with Crippen LogP contribution in [0.4, 0.5) is 0 Å². The lowest BCUT2D eigenvalue weighted by Crippen LogP contribution is -2.39. The number of aromatic amines is 1. The predicted molar refractivity (Wildman–Crippen MR) is 80.5 cm³/mol. The molecule has 0 spiro atoms. The average molecular weight is 282 g/mol. The highest BCUT2D eigenvalue weighted by molar-refractivity contribution is 7.99. The van der Waals surface area contributed by atoms with Crippen LogP contribution in [-0.4, -0.2) is 33.0 Å². The summed E-state index contributed by atoms with van der Waals surface area (Å²) in [6.45, 7) is 5.31. The molecule has 0 bridgehead atoms. The quantitative estimate of drug-likeness (QED) is 0.870. The van der Waals surface area contributed by atoms with Gasteiger partial charge in [-0.2, -0.15) is 0 Å². The van der Waals surface area contributed by atoms with E-state index in [1.165, 1.54) is 44.9 Å². The first kappa shape index (κ1) is 14.9. The molecule has 1 saturated carbocycles. The van der Waals surface area contributed by atoms with Crippen LogP contribution in [0.3, 0.4) is 0 Å². The number of rotatable bonds is 5. The molecule has 2 rings (SSSR count). The summed E-state index contributed by atoms with van der Waals surface area (Å²) in [7, 11) is 0. The number of thioether (sulfide) groups is 1. The Hall–Kier alpha value is -0.550. The zero-order valence-electron chi connectivity index (χ0n) is 12.1. The number of aryl methyl sites for hydroxylation is 1. The van der Waals surface area contributed by atoms with Gasteiger partial charge in [0.1, 0.15) is 5.82 Å². The monoisotopic (exact) mass is 282 g/mol. The lowest BCUT2D eigenvalue weighted by molar-refractivity contribution is 0.399. The minimum Gasteiger partial charge on any atom is -0.313 e. The van der Waals surface area contributed by atoms with Crippen LogP contribution < -0.4 is 5.32 Å². The maximum absolute atomic E-state index is 4.44. The second-order valence-electron chi connectivity index (χ2n) is 5.41. The molecule has 5 heteroatoms. The zero-order valence-corrected chi connectivity index (χ0v) is 12.9. The number of hydrogen-bond acceptors (Lipinski definition) is 4. The van der Waals surface area contributed by atoms with Gasteiger partial charge in [-0.3, -0.25) is 5.10 Å². The lowest BCUT2D eigenvalue weighted by Gasteiger charge is -2.29. The Balaban J connectivity index is 1.97. The van der Waals surface area contributed by atoms with Gasteiger partial charge in [0.2, 0.25) is 5.16 Å². The maximum atomic E-state index is 4.44. The van der Waals surface area contributed by atoms with Gasteiger partial charge in [-0.15, -0.1) is 5.10 Å². The topological polar surface area (TPSA) is 53.6 Å². The van der Waals surface area contributed by atoms with Gasteiger partial charge in [0.25, 0.3) is 0 Å². The zero-order chi connectivity index (χ0) is 13.5. The fraction of sp³-hybridized carbons (Fsp3) is 0.857. The van der Waals surface area contributed by atoms with Crippen LogP contribution in [0.2, 0.25) is 0 Å². The van der Waals surface area contributed by atoms with Gasteiger partial charge in [0.05, 0.1) is 0 Å². The Morgan fingerprint density at radius 2 is 2.05 bits per heavy atom. The van der Waals surface area contributed by atoms with Crippen LogP contribution >= 0.6 is 11.8 Å². The molecule has 1 aromatic heterocycles. The van der Waals surface area contributed by atoms with Gasteiger partial charge >= 0.3 is 0 Å². The van der Waals surface area contributed by atoms with Gasteiger partial charge in [-0.1, -0.05) is 44.4 Å². The summed E-state index contributed by atoms with van der Waals surface area (Å²) in [6, 6.07) is 0.615. The molecule has 2 atom stereocenters. The summed E-state index contributed by atoms with van der Waals surface area (Å²) in [5.41, 5.74) is 0. The first-order valence-electron chi connectivity index (χ1n) is 7.58. The summed E-state index contributed by atoms with van der Waals surface area (Å²) >= 11 is 1.85. The molecule has 1 fully saturated rings. The van der Waals surface area contributed by atoms with E-state index in [1.807, 2.05) is 18.7 Å². The predicted octanol–water partition coefficient (Wildman–Crippen LogP) is 3.30. The fourth-order valence-corrected chi connectivity index (χ4v) is 3.90. The molecule has 108 valence electrons. The third kappa shape index (κ3) is 4.80. The summed E-state index contributed by atoms with van der Waals surface area (Å²) < 4.78 is 0. The highest BCUT2D eigenvalue weighted by Gasteiger charge is 2.24.